The maximum absolute atomic E-state index is 11.7. The number of hydrogen-bond donors (Lipinski definition) is 2. The van der Waals surface area contributed by atoms with Gasteiger partial charge in [0.1, 0.15) is 0 Å². The van der Waals surface area contributed by atoms with Crippen molar-refractivity contribution in [3.8, 4) is 0 Å². The first-order valence-electron chi connectivity index (χ1n) is 5.75. The fourth-order valence-electron chi connectivity index (χ4n) is 1.45. The third kappa shape index (κ3) is 4.75. The molecule has 1 aromatic heterocycles. The van der Waals surface area contributed by atoms with Gasteiger partial charge in [0.15, 0.2) is 0 Å². The number of rotatable bonds is 6. The number of carboxylic acid groups (broad SMARTS) is 1. The molecule has 0 aromatic carbocycles. The molecule has 18 heavy (non-hydrogen) atoms. The first kappa shape index (κ1) is 14.5. The number of hydrogen-bond acceptors (Lipinski definition) is 3. The second-order valence-corrected chi connectivity index (χ2v) is 5.21. The molecule has 0 aliphatic carbocycles. The van der Waals surface area contributed by atoms with Gasteiger partial charge in [-0.25, -0.2) is 4.79 Å². The molecule has 0 bridgehead atoms. The van der Waals surface area contributed by atoms with E-state index in [0.717, 1.165) is 6.42 Å². The van der Waals surface area contributed by atoms with E-state index >= 15 is 0 Å². The fraction of sp³-hybridized carbons (Fsp3) is 0.500. The standard InChI is InChI=1S/C12H18N2O3S/c1-9(11(15)16)8-14(2)12(17)13-6-5-10-4-3-7-18-10/h3-4,7,9H,5-6,8H2,1-2H3,(H,13,17)(H,15,16). The summed E-state index contributed by atoms with van der Waals surface area (Å²) in [7, 11) is 1.60. The van der Waals surface area contributed by atoms with Gasteiger partial charge in [0.25, 0.3) is 0 Å². The predicted molar refractivity (Wildman–Crippen MR) is 70.9 cm³/mol. The molecule has 1 heterocycles. The molecule has 100 valence electrons. The number of carboxylic acids is 1. The van der Waals surface area contributed by atoms with E-state index in [1.54, 1.807) is 25.3 Å². The highest BCUT2D eigenvalue weighted by molar-refractivity contribution is 7.09. The Morgan fingerprint density at radius 2 is 2.28 bits per heavy atom. The topological polar surface area (TPSA) is 69.6 Å². The van der Waals surface area contributed by atoms with Gasteiger partial charge < -0.3 is 15.3 Å². The lowest BCUT2D eigenvalue weighted by molar-refractivity contribution is -0.141. The molecule has 1 aromatic rings. The number of nitrogens with zero attached hydrogens (tertiary/aromatic N) is 1. The van der Waals surface area contributed by atoms with E-state index in [-0.39, 0.29) is 12.6 Å². The molecule has 1 unspecified atom stereocenters. The quantitative estimate of drug-likeness (QED) is 0.826. The SMILES string of the molecule is CC(CN(C)C(=O)NCCc1cccs1)C(=O)O. The van der Waals surface area contributed by atoms with Crippen LogP contribution in [0.25, 0.3) is 0 Å². The summed E-state index contributed by atoms with van der Waals surface area (Å²) in [4.78, 5) is 24.9. The van der Waals surface area contributed by atoms with Crippen LogP contribution in [0.2, 0.25) is 0 Å². The molecule has 6 heteroatoms. The van der Waals surface area contributed by atoms with E-state index in [4.69, 9.17) is 5.11 Å². The van der Waals surface area contributed by atoms with Crippen LogP contribution in [-0.2, 0) is 11.2 Å². The van der Waals surface area contributed by atoms with Gasteiger partial charge in [0.05, 0.1) is 5.92 Å². The van der Waals surface area contributed by atoms with Crippen molar-refractivity contribution in [1.29, 1.82) is 0 Å². The van der Waals surface area contributed by atoms with E-state index in [1.165, 1.54) is 9.78 Å². The molecule has 1 atom stereocenters. The summed E-state index contributed by atoms with van der Waals surface area (Å²) in [5.41, 5.74) is 0. The third-order valence-electron chi connectivity index (χ3n) is 2.54. The molecule has 0 radical (unpaired) electrons. The first-order chi connectivity index (χ1) is 8.50. The summed E-state index contributed by atoms with van der Waals surface area (Å²) in [5.74, 6) is -1.45. The number of carbonyl (C=O) groups is 2. The molecule has 0 saturated carbocycles. The minimum Gasteiger partial charge on any atom is -0.481 e. The van der Waals surface area contributed by atoms with Gasteiger partial charge in [-0.05, 0) is 17.9 Å². The zero-order valence-electron chi connectivity index (χ0n) is 10.5. The molecule has 0 spiro atoms. The molecule has 0 fully saturated rings. The van der Waals surface area contributed by atoms with Gasteiger partial charge in [-0.2, -0.15) is 0 Å². The van der Waals surface area contributed by atoms with Gasteiger partial charge in [-0.15, -0.1) is 11.3 Å². The van der Waals surface area contributed by atoms with E-state index in [0.29, 0.717) is 6.54 Å². The molecular formula is C12H18N2O3S. The maximum Gasteiger partial charge on any atom is 0.317 e. The van der Waals surface area contributed by atoms with Crippen LogP contribution in [0.4, 0.5) is 4.79 Å². The smallest absolute Gasteiger partial charge is 0.317 e. The molecular weight excluding hydrogens is 252 g/mol. The van der Waals surface area contributed by atoms with Crippen LogP contribution in [0.3, 0.4) is 0 Å². The highest BCUT2D eigenvalue weighted by Crippen LogP contribution is 2.08. The van der Waals surface area contributed by atoms with Crippen LogP contribution < -0.4 is 5.32 Å². The molecule has 0 aliphatic heterocycles. The minimum absolute atomic E-state index is 0.209. The zero-order chi connectivity index (χ0) is 13.5. The number of urea groups is 1. The largest absolute Gasteiger partial charge is 0.481 e. The van der Waals surface area contributed by atoms with Crippen LogP contribution >= 0.6 is 11.3 Å². The minimum atomic E-state index is -0.895. The molecule has 1 rings (SSSR count). The van der Waals surface area contributed by atoms with Crippen LogP contribution in [0.15, 0.2) is 17.5 Å². The lowest BCUT2D eigenvalue weighted by Crippen LogP contribution is -2.41. The van der Waals surface area contributed by atoms with Crippen molar-refractivity contribution in [2.24, 2.45) is 5.92 Å². The normalized spacial score (nSPS) is 11.9. The molecule has 5 nitrogen and oxygen atoms in total. The van der Waals surface area contributed by atoms with Gasteiger partial charge in [0.2, 0.25) is 0 Å². The molecule has 0 aliphatic rings. The van der Waals surface area contributed by atoms with E-state index in [1.807, 2.05) is 17.5 Å². The second kappa shape index (κ2) is 7.00. The number of thiophene rings is 1. The van der Waals surface area contributed by atoms with E-state index in [9.17, 15) is 9.59 Å². The van der Waals surface area contributed by atoms with Crippen LogP contribution in [0, 0.1) is 5.92 Å². The number of aliphatic carboxylic acids is 1. The number of amides is 2. The highest BCUT2D eigenvalue weighted by atomic mass is 32.1. The van der Waals surface area contributed by atoms with Gasteiger partial charge in [-0.3, -0.25) is 4.79 Å². The Kier molecular flexibility index (Phi) is 5.64. The van der Waals surface area contributed by atoms with Crippen molar-refractivity contribution < 1.29 is 14.7 Å². The second-order valence-electron chi connectivity index (χ2n) is 4.18. The summed E-state index contributed by atoms with van der Waals surface area (Å²) in [5, 5.41) is 13.5. The van der Waals surface area contributed by atoms with Gasteiger partial charge >= 0.3 is 12.0 Å². The maximum atomic E-state index is 11.7. The summed E-state index contributed by atoms with van der Waals surface area (Å²) in [6.07, 6.45) is 0.797. The lowest BCUT2D eigenvalue weighted by Gasteiger charge is -2.19. The Balaban J connectivity index is 2.25. The zero-order valence-corrected chi connectivity index (χ0v) is 11.4. The summed E-state index contributed by atoms with van der Waals surface area (Å²) in [6, 6.07) is 3.76. The van der Waals surface area contributed by atoms with Crippen LogP contribution in [0.5, 0.6) is 0 Å². The van der Waals surface area contributed by atoms with Crippen molar-refractivity contribution in [3.63, 3.8) is 0 Å². The molecule has 2 N–H and O–H groups in total. The van der Waals surface area contributed by atoms with Gasteiger partial charge in [-0.1, -0.05) is 13.0 Å². The average Bonchev–Trinajstić information content (AvgIpc) is 2.81. The first-order valence-corrected chi connectivity index (χ1v) is 6.63. The number of nitrogens with one attached hydrogen (secondary N) is 1. The Labute approximate surface area is 110 Å². The van der Waals surface area contributed by atoms with Crippen molar-refractivity contribution in [1.82, 2.24) is 10.2 Å². The average molecular weight is 270 g/mol. The van der Waals surface area contributed by atoms with Crippen LogP contribution in [0.1, 0.15) is 11.8 Å². The fourth-order valence-corrected chi connectivity index (χ4v) is 2.16. The van der Waals surface area contributed by atoms with Crippen molar-refractivity contribution in [2.75, 3.05) is 20.1 Å². The Morgan fingerprint density at radius 1 is 1.56 bits per heavy atom. The van der Waals surface area contributed by atoms with E-state index < -0.39 is 11.9 Å². The van der Waals surface area contributed by atoms with Crippen molar-refractivity contribution in [3.05, 3.63) is 22.4 Å². The van der Waals surface area contributed by atoms with Crippen molar-refractivity contribution in [2.45, 2.75) is 13.3 Å². The molecule has 0 saturated heterocycles. The summed E-state index contributed by atoms with van der Waals surface area (Å²) in [6.45, 7) is 2.35. The molecule has 2 amide bonds. The Hall–Kier alpha value is -1.56. The Morgan fingerprint density at radius 3 is 2.83 bits per heavy atom. The lowest BCUT2D eigenvalue weighted by atomic mass is 10.2. The summed E-state index contributed by atoms with van der Waals surface area (Å²) < 4.78 is 0. The number of carbonyl (C=O) groups excluding carboxylic acids is 1. The Bertz CT molecular complexity index is 392. The third-order valence-corrected chi connectivity index (χ3v) is 3.48. The van der Waals surface area contributed by atoms with Gasteiger partial charge in [0, 0.05) is 25.0 Å². The summed E-state index contributed by atoms with van der Waals surface area (Å²) >= 11 is 1.65. The predicted octanol–water partition coefficient (Wildman–Crippen LogP) is 1.65. The van der Waals surface area contributed by atoms with E-state index in [2.05, 4.69) is 5.32 Å². The van der Waals surface area contributed by atoms with Crippen LogP contribution in [-0.4, -0.2) is 42.1 Å². The monoisotopic (exact) mass is 270 g/mol. The van der Waals surface area contributed by atoms with Crippen molar-refractivity contribution >= 4 is 23.3 Å². The highest BCUT2D eigenvalue weighted by Gasteiger charge is 2.16.